The molecule has 0 atom stereocenters. The molecule has 2 rings (SSSR count). The molecule has 0 aliphatic heterocycles. The number of ether oxygens (including phenoxy) is 2. The van der Waals surface area contributed by atoms with Gasteiger partial charge in [-0.1, -0.05) is 17.7 Å². The van der Waals surface area contributed by atoms with Crippen LogP contribution in [0.2, 0.25) is 0 Å². The highest BCUT2D eigenvalue weighted by atomic mass is 16.5. The van der Waals surface area contributed by atoms with Gasteiger partial charge in [0.05, 0.1) is 19.8 Å². The SMILES string of the molecule is COc1cc(N)c(C(=O)Nc2ccc(C)cc2)cc1OC. The van der Waals surface area contributed by atoms with Crippen molar-refractivity contribution in [2.24, 2.45) is 0 Å². The number of nitrogens with one attached hydrogen (secondary N) is 1. The maximum Gasteiger partial charge on any atom is 0.257 e. The minimum absolute atomic E-state index is 0.294. The first-order chi connectivity index (χ1) is 10.0. The molecule has 0 bridgehead atoms. The monoisotopic (exact) mass is 286 g/mol. The lowest BCUT2D eigenvalue weighted by molar-refractivity contribution is 0.102. The van der Waals surface area contributed by atoms with E-state index in [1.807, 2.05) is 31.2 Å². The normalized spacial score (nSPS) is 10.0. The average Bonchev–Trinajstić information content (AvgIpc) is 2.49. The second-order valence-electron chi connectivity index (χ2n) is 4.61. The van der Waals surface area contributed by atoms with Crippen molar-refractivity contribution in [3.63, 3.8) is 0 Å². The number of hydrogen-bond acceptors (Lipinski definition) is 4. The van der Waals surface area contributed by atoms with Gasteiger partial charge in [0.15, 0.2) is 11.5 Å². The predicted molar refractivity (Wildman–Crippen MR) is 83.1 cm³/mol. The van der Waals surface area contributed by atoms with Crippen LogP contribution in [0, 0.1) is 6.92 Å². The maximum absolute atomic E-state index is 12.3. The van der Waals surface area contributed by atoms with Crippen LogP contribution in [0.5, 0.6) is 11.5 Å². The molecule has 1 amide bonds. The first kappa shape index (κ1) is 14.7. The lowest BCUT2D eigenvalue weighted by Crippen LogP contribution is -2.14. The molecule has 2 aromatic carbocycles. The van der Waals surface area contributed by atoms with Gasteiger partial charge < -0.3 is 20.5 Å². The first-order valence-electron chi connectivity index (χ1n) is 6.44. The van der Waals surface area contributed by atoms with E-state index in [9.17, 15) is 4.79 Å². The Bertz CT molecular complexity index is 651. The summed E-state index contributed by atoms with van der Waals surface area (Å²) in [5.74, 6) is 0.653. The Hall–Kier alpha value is -2.69. The molecule has 21 heavy (non-hydrogen) atoms. The molecule has 0 aliphatic carbocycles. The Kier molecular flexibility index (Phi) is 4.33. The highest BCUT2D eigenvalue weighted by Gasteiger charge is 2.15. The molecule has 5 heteroatoms. The number of hydrogen-bond donors (Lipinski definition) is 2. The zero-order valence-electron chi connectivity index (χ0n) is 12.3. The lowest BCUT2D eigenvalue weighted by atomic mass is 10.1. The Labute approximate surface area is 123 Å². The Morgan fingerprint density at radius 2 is 1.62 bits per heavy atom. The number of anilines is 2. The number of nitrogens with two attached hydrogens (primary N) is 1. The fourth-order valence-electron chi connectivity index (χ4n) is 1.93. The van der Waals surface area contributed by atoms with Crippen molar-refractivity contribution >= 4 is 17.3 Å². The van der Waals surface area contributed by atoms with Crippen LogP contribution in [-0.2, 0) is 0 Å². The topological polar surface area (TPSA) is 73.6 Å². The van der Waals surface area contributed by atoms with E-state index in [1.165, 1.54) is 14.2 Å². The molecule has 0 saturated carbocycles. The molecule has 0 radical (unpaired) electrons. The van der Waals surface area contributed by atoms with Gasteiger partial charge >= 0.3 is 0 Å². The summed E-state index contributed by atoms with van der Waals surface area (Å²) in [5, 5.41) is 2.80. The van der Waals surface area contributed by atoms with Gasteiger partial charge in [0.1, 0.15) is 0 Å². The molecule has 3 N–H and O–H groups in total. The summed E-state index contributed by atoms with van der Waals surface area (Å²) in [6, 6.07) is 10.7. The van der Waals surface area contributed by atoms with E-state index in [1.54, 1.807) is 12.1 Å². The van der Waals surface area contributed by atoms with Crippen LogP contribution in [0.4, 0.5) is 11.4 Å². The number of carbonyl (C=O) groups is 1. The van der Waals surface area contributed by atoms with Crippen LogP contribution in [0.15, 0.2) is 36.4 Å². The third-order valence-electron chi connectivity index (χ3n) is 3.11. The molecule has 2 aromatic rings. The van der Waals surface area contributed by atoms with Crippen molar-refractivity contribution in [3.8, 4) is 11.5 Å². The maximum atomic E-state index is 12.3. The zero-order chi connectivity index (χ0) is 15.4. The van der Waals surface area contributed by atoms with Crippen molar-refractivity contribution in [2.45, 2.75) is 6.92 Å². The van der Waals surface area contributed by atoms with Gasteiger partial charge in [-0.25, -0.2) is 0 Å². The number of aryl methyl sites for hydroxylation is 1. The summed E-state index contributed by atoms with van der Waals surface area (Å²) in [7, 11) is 3.03. The highest BCUT2D eigenvalue weighted by molar-refractivity contribution is 6.08. The number of carbonyl (C=O) groups excluding carboxylic acids is 1. The van der Waals surface area contributed by atoms with E-state index >= 15 is 0 Å². The standard InChI is InChI=1S/C16H18N2O3/c1-10-4-6-11(7-5-10)18-16(19)12-8-14(20-2)15(21-3)9-13(12)17/h4-9H,17H2,1-3H3,(H,18,19). The van der Waals surface area contributed by atoms with Gasteiger partial charge in [-0.15, -0.1) is 0 Å². The quantitative estimate of drug-likeness (QED) is 0.848. The van der Waals surface area contributed by atoms with E-state index in [-0.39, 0.29) is 5.91 Å². The van der Waals surface area contributed by atoms with Crippen LogP contribution >= 0.6 is 0 Å². The molecular weight excluding hydrogens is 268 g/mol. The zero-order valence-corrected chi connectivity index (χ0v) is 12.3. The molecule has 0 aliphatic rings. The molecule has 0 unspecified atom stereocenters. The minimum Gasteiger partial charge on any atom is -0.493 e. The number of nitrogen functional groups attached to an aromatic ring is 1. The molecule has 0 heterocycles. The lowest BCUT2D eigenvalue weighted by Gasteiger charge is -2.12. The van der Waals surface area contributed by atoms with Crippen molar-refractivity contribution in [2.75, 3.05) is 25.3 Å². The Morgan fingerprint density at radius 3 is 2.19 bits per heavy atom. The molecule has 0 fully saturated rings. The van der Waals surface area contributed by atoms with Crippen LogP contribution in [-0.4, -0.2) is 20.1 Å². The molecular formula is C16H18N2O3. The summed E-state index contributed by atoms with van der Waals surface area (Å²) in [5.41, 5.74) is 8.41. The molecule has 110 valence electrons. The first-order valence-corrected chi connectivity index (χ1v) is 6.44. The summed E-state index contributed by atoms with van der Waals surface area (Å²) >= 11 is 0. The van der Waals surface area contributed by atoms with Gasteiger partial charge in [0, 0.05) is 17.4 Å². The molecule has 0 saturated heterocycles. The van der Waals surface area contributed by atoms with E-state index < -0.39 is 0 Å². The third-order valence-corrected chi connectivity index (χ3v) is 3.11. The molecule has 0 spiro atoms. The van der Waals surface area contributed by atoms with E-state index in [2.05, 4.69) is 5.32 Å². The Morgan fingerprint density at radius 1 is 1.05 bits per heavy atom. The third kappa shape index (κ3) is 3.25. The van der Waals surface area contributed by atoms with E-state index in [4.69, 9.17) is 15.2 Å². The van der Waals surface area contributed by atoms with Crippen molar-refractivity contribution in [1.82, 2.24) is 0 Å². The van der Waals surface area contributed by atoms with Crippen LogP contribution in [0.3, 0.4) is 0 Å². The number of methoxy groups -OCH3 is 2. The van der Waals surface area contributed by atoms with Crippen LogP contribution in [0.1, 0.15) is 15.9 Å². The second kappa shape index (κ2) is 6.17. The van der Waals surface area contributed by atoms with Crippen LogP contribution in [0.25, 0.3) is 0 Å². The van der Waals surface area contributed by atoms with Gasteiger partial charge in [-0.05, 0) is 25.1 Å². The van der Waals surface area contributed by atoms with Gasteiger partial charge in [-0.3, -0.25) is 4.79 Å². The summed E-state index contributed by atoms with van der Waals surface area (Å²) < 4.78 is 10.3. The molecule has 5 nitrogen and oxygen atoms in total. The van der Waals surface area contributed by atoms with Gasteiger partial charge in [-0.2, -0.15) is 0 Å². The smallest absolute Gasteiger partial charge is 0.257 e. The number of rotatable bonds is 4. The predicted octanol–water partition coefficient (Wildman–Crippen LogP) is 2.85. The number of amides is 1. The number of benzene rings is 2. The highest BCUT2D eigenvalue weighted by Crippen LogP contribution is 2.32. The summed E-state index contributed by atoms with van der Waals surface area (Å²) in [6.45, 7) is 1.98. The van der Waals surface area contributed by atoms with Gasteiger partial charge in [0.25, 0.3) is 5.91 Å². The van der Waals surface area contributed by atoms with Crippen molar-refractivity contribution in [3.05, 3.63) is 47.5 Å². The average molecular weight is 286 g/mol. The minimum atomic E-state index is -0.294. The van der Waals surface area contributed by atoms with Crippen molar-refractivity contribution in [1.29, 1.82) is 0 Å². The summed E-state index contributed by atoms with van der Waals surface area (Å²) in [4.78, 5) is 12.3. The van der Waals surface area contributed by atoms with Crippen LogP contribution < -0.4 is 20.5 Å². The Balaban J connectivity index is 2.28. The van der Waals surface area contributed by atoms with Gasteiger partial charge in [0.2, 0.25) is 0 Å². The summed E-state index contributed by atoms with van der Waals surface area (Å²) in [6.07, 6.45) is 0. The fourth-order valence-corrected chi connectivity index (χ4v) is 1.93. The molecule has 0 aromatic heterocycles. The van der Waals surface area contributed by atoms with E-state index in [0.717, 1.165) is 5.56 Å². The largest absolute Gasteiger partial charge is 0.493 e. The fraction of sp³-hybridized carbons (Fsp3) is 0.188. The van der Waals surface area contributed by atoms with Crippen molar-refractivity contribution < 1.29 is 14.3 Å². The second-order valence-corrected chi connectivity index (χ2v) is 4.61. The van der Waals surface area contributed by atoms with E-state index in [0.29, 0.717) is 28.4 Å².